The zero-order valence-corrected chi connectivity index (χ0v) is 9.81. The Morgan fingerprint density at radius 1 is 1.12 bits per heavy atom. The highest BCUT2D eigenvalue weighted by Gasteiger charge is 2.17. The van der Waals surface area contributed by atoms with Gasteiger partial charge in [-0.1, -0.05) is 30.3 Å². The van der Waals surface area contributed by atoms with Gasteiger partial charge in [-0.15, -0.1) is 0 Å². The highest BCUT2D eigenvalue weighted by Crippen LogP contribution is 2.16. The lowest BCUT2D eigenvalue weighted by Crippen LogP contribution is -2.36. The Hall–Kier alpha value is -0.860. The molecule has 2 nitrogen and oxygen atoms in total. The van der Waals surface area contributed by atoms with Gasteiger partial charge in [0.1, 0.15) is 0 Å². The minimum atomic E-state index is 0.368. The van der Waals surface area contributed by atoms with Crippen LogP contribution in [0.1, 0.15) is 18.4 Å². The molecule has 1 heterocycles. The molecule has 1 fully saturated rings. The van der Waals surface area contributed by atoms with E-state index in [4.69, 9.17) is 5.11 Å². The van der Waals surface area contributed by atoms with Crippen LogP contribution in [0, 0.1) is 5.92 Å². The fraction of sp³-hybridized carbons (Fsp3) is 0.571. The van der Waals surface area contributed by atoms with E-state index in [0.29, 0.717) is 12.5 Å². The van der Waals surface area contributed by atoms with Crippen molar-refractivity contribution in [3.63, 3.8) is 0 Å². The van der Waals surface area contributed by atoms with E-state index < -0.39 is 0 Å². The topological polar surface area (TPSA) is 23.5 Å². The van der Waals surface area contributed by atoms with E-state index in [0.717, 1.165) is 38.9 Å². The Bertz CT molecular complexity index is 291. The molecule has 0 amide bonds. The van der Waals surface area contributed by atoms with Crippen LogP contribution >= 0.6 is 0 Å². The fourth-order valence-corrected chi connectivity index (χ4v) is 2.32. The first-order valence-corrected chi connectivity index (χ1v) is 6.25. The molecule has 1 N–H and O–H groups in total. The van der Waals surface area contributed by atoms with Crippen molar-refractivity contribution in [2.45, 2.75) is 19.3 Å². The van der Waals surface area contributed by atoms with Crippen LogP contribution in [0.15, 0.2) is 30.3 Å². The maximum Gasteiger partial charge on any atom is 0.0460 e. The first kappa shape index (κ1) is 11.6. The molecular weight excluding hydrogens is 198 g/mol. The third-order valence-electron chi connectivity index (χ3n) is 3.52. The molecule has 2 heteroatoms. The maximum atomic E-state index is 9.07. The molecule has 1 aliphatic rings. The highest BCUT2D eigenvalue weighted by molar-refractivity contribution is 5.14. The molecule has 0 bridgehead atoms. The van der Waals surface area contributed by atoms with E-state index in [1.54, 1.807) is 0 Å². The van der Waals surface area contributed by atoms with Crippen molar-refractivity contribution < 1.29 is 5.11 Å². The van der Waals surface area contributed by atoms with Crippen molar-refractivity contribution in [2.24, 2.45) is 5.92 Å². The monoisotopic (exact) mass is 219 g/mol. The summed E-state index contributed by atoms with van der Waals surface area (Å²) in [6.07, 6.45) is 3.46. The summed E-state index contributed by atoms with van der Waals surface area (Å²) in [5.74, 6) is 0.549. The van der Waals surface area contributed by atoms with E-state index in [9.17, 15) is 0 Å². The van der Waals surface area contributed by atoms with Gasteiger partial charge < -0.3 is 10.0 Å². The van der Waals surface area contributed by atoms with E-state index in [1.807, 2.05) is 0 Å². The zero-order chi connectivity index (χ0) is 11.2. The minimum Gasteiger partial charge on any atom is -0.396 e. The van der Waals surface area contributed by atoms with Crippen LogP contribution in [-0.4, -0.2) is 36.2 Å². The number of hydrogen-bond donors (Lipinski definition) is 1. The molecule has 16 heavy (non-hydrogen) atoms. The molecule has 0 radical (unpaired) electrons. The van der Waals surface area contributed by atoms with E-state index in [1.165, 1.54) is 5.56 Å². The molecule has 88 valence electrons. The van der Waals surface area contributed by atoms with Crippen molar-refractivity contribution in [3.8, 4) is 0 Å². The van der Waals surface area contributed by atoms with Gasteiger partial charge in [-0.25, -0.2) is 0 Å². The minimum absolute atomic E-state index is 0.368. The van der Waals surface area contributed by atoms with E-state index in [-0.39, 0.29) is 0 Å². The highest BCUT2D eigenvalue weighted by atomic mass is 16.3. The molecule has 0 spiro atoms. The SMILES string of the molecule is OCC1CCN(CCc2ccccc2)CC1. The summed E-state index contributed by atoms with van der Waals surface area (Å²) in [4.78, 5) is 2.51. The first-order valence-electron chi connectivity index (χ1n) is 6.25. The summed E-state index contributed by atoms with van der Waals surface area (Å²) in [5, 5.41) is 9.07. The Labute approximate surface area is 97.9 Å². The zero-order valence-electron chi connectivity index (χ0n) is 9.81. The summed E-state index contributed by atoms with van der Waals surface area (Å²) < 4.78 is 0. The van der Waals surface area contributed by atoms with Crippen LogP contribution in [0.25, 0.3) is 0 Å². The van der Waals surface area contributed by atoms with Gasteiger partial charge in [-0.05, 0) is 43.8 Å². The van der Waals surface area contributed by atoms with Gasteiger partial charge >= 0.3 is 0 Å². The molecule has 1 aromatic rings. The van der Waals surface area contributed by atoms with Gasteiger partial charge in [-0.2, -0.15) is 0 Å². The number of hydrogen-bond acceptors (Lipinski definition) is 2. The van der Waals surface area contributed by atoms with Gasteiger partial charge in [-0.3, -0.25) is 0 Å². The number of aliphatic hydroxyl groups is 1. The summed E-state index contributed by atoms with van der Waals surface area (Å²) in [7, 11) is 0. The number of aliphatic hydroxyl groups excluding tert-OH is 1. The summed E-state index contributed by atoms with van der Waals surface area (Å²) in [5.41, 5.74) is 1.42. The average molecular weight is 219 g/mol. The van der Waals surface area contributed by atoms with Gasteiger partial charge in [0, 0.05) is 13.2 Å². The molecule has 0 aliphatic carbocycles. The van der Waals surface area contributed by atoms with Crippen molar-refractivity contribution in [1.82, 2.24) is 4.90 Å². The normalized spacial score (nSPS) is 18.8. The Balaban J connectivity index is 1.72. The van der Waals surface area contributed by atoms with Crippen molar-refractivity contribution in [2.75, 3.05) is 26.2 Å². The average Bonchev–Trinajstić information content (AvgIpc) is 2.38. The van der Waals surface area contributed by atoms with Gasteiger partial charge in [0.05, 0.1) is 0 Å². The number of nitrogens with zero attached hydrogens (tertiary/aromatic N) is 1. The number of piperidine rings is 1. The lowest BCUT2D eigenvalue weighted by molar-refractivity contribution is 0.132. The Morgan fingerprint density at radius 3 is 2.44 bits per heavy atom. The number of likely N-dealkylation sites (tertiary alicyclic amines) is 1. The molecule has 1 aliphatic heterocycles. The number of rotatable bonds is 4. The molecule has 0 aromatic heterocycles. The predicted molar refractivity (Wildman–Crippen MR) is 66.4 cm³/mol. The van der Waals surface area contributed by atoms with Gasteiger partial charge in [0.2, 0.25) is 0 Å². The summed E-state index contributed by atoms with van der Waals surface area (Å²) >= 11 is 0. The predicted octanol–water partition coefficient (Wildman–Crippen LogP) is 1.93. The lowest BCUT2D eigenvalue weighted by atomic mass is 9.97. The molecule has 0 saturated carbocycles. The van der Waals surface area contributed by atoms with Gasteiger partial charge in [0.25, 0.3) is 0 Å². The summed E-state index contributed by atoms with van der Waals surface area (Å²) in [6, 6.07) is 10.7. The Kier molecular flexibility index (Phi) is 4.37. The molecule has 2 rings (SSSR count). The molecule has 0 unspecified atom stereocenters. The smallest absolute Gasteiger partial charge is 0.0460 e. The van der Waals surface area contributed by atoms with Gasteiger partial charge in [0.15, 0.2) is 0 Å². The fourth-order valence-electron chi connectivity index (χ4n) is 2.32. The van der Waals surface area contributed by atoms with Crippen LogP contribution in [0.4, 0.5) is 0 Å². The molecule has 1 aromatic carbocycles. The second-order valence-electron chi connectivity index (χ2n) is 4.70. The summed E-state index contributed by atoms with van der Waals surface area (Å²) in [6.45, 7) is 3.82. The van der Waals surface area contributed by atoms with Crippen molar-refractivity contribution >= 4 is 0 Å². The maximum absolute atomic E-state index is 9.07. The number of benzene rings is 1. The van der Waals surface area contributed by atoms with E-state index in [2.05, 4.69) is 35.2 Å². The molecule has 1 saturated heterocycles. The van der Waals surface area contributed by atoms with Crippen LogP contribution in [0.5, 0.6) is 0 Å². The lowest BCUT2D eigenvalue weighted by Gasteiger charge is -2.30. The van der Waals surface area contributed by atoms with Crippen LogP contribution in [0.3, 0.4) is 0 Å². The van der Waals surface area contributed by atoms with Crippen LogP contribution in [0.2, 0.25) is 0 Å². The Morgan fingerprint density at radius 2 is 1.81 bits per heavy atom. The van der Waals surface area contributed by atoms with Crippen LogP contribution < -0.4 is 0 Å². The third kappa shape index (κ3) is 3.32. The van der Waals surface area contributed by atoms with Crippen molar-refractivity contribution in [1.29, 1.82) is 0 Å². The van der Waals surface area contributed by atoms with E-state index >= 15 is 0 Å². The first-order chi connectivity index (χ1) is 7.88. The standard InChI is InChI=1S/C14H21NO/c16-12-14-7-10-15(11-8-14)9-6-13-4-2-1-3-5-13/h1-5,14,16H,6-12H2. The largest absolute Gasteiger partial charge is 0.396 e. The quantitative estimate of drug-likeness (QED) is 0.836. The molecule has 0 atom stereocenters. The van der Waals surface area contributed by atoms with Crippen LogP contribution in [-0.2, 0) is 6.42 Å². The van der Waals surface area contributed by atoms with Crippen molar-refractivity contribution in [3.05, 3.63) is 35.9 Å². The molecular formula is C14H21NO. The second-order valence-corrected chi connectivity index (χ2v) is 4.70. The second kappa shape index (κ2) is 6.02. The third-order valence-corrected chi connectivity index (χ3v) is 3.52.